The minimum absolute atomic E-state index is 0.0334. The highest BCUT2D eigenvalue weighted by atomic mass is 16.2. The van der Waals surface area contributed by atoms with E-state index in [0.717, 1.165) is 68.6 Å². The Morgan fingerprint density at radius 1 is 1.26 bits per heavy atom. The number of fused-ring (bicyclic) bond motifs is 1. The standard InChI is InChI=1S/C25H33N9O/c1-18(33-13-11-32(17-26)12-14-33)9-10-22(27-2)29-25-28-16-19-15-21(24(35)31(3)4)34(23(19)30-25)20-7-5-6-8-20/h9-10,15-16,20H,2,5-8,11-14H2,1,3-4H3,(H,28,29,30)/b18-9+,22-10+. The molecule has 35 heavy (non-hydrogen) atoms. The number of hydrogen-bond donors (Lipinski definition) is 1. The number of nitriles is 1. The fraction of sp³-hybridized carbons (Fsp3) is 0.480. The van der Waals surface area contributed by atoms with Crippen molar-refractivity contribution in [2.24, 2.45) is 4.99 Å². The van der Waals surface area contributed by atoms with Crippen molar-refractivity contribution in [1.82, 2.24) is 29.2 Å². The van der Waals surface area contributed by atoms with Crippen LogP contribution in [0.25, 0.3) is 11.0 Å². The van der Waals surface area contributed by atoms with Gasteiger partial charge in [-0.1, -0.05) is 12.8 Å². The summed E-state index contributed by atoms with van der Waals surface area (Å²) in [5, 5.41) is 13.0. The van der Waals surface area contributed by atoms with E-state index in [-0.39, 0.29) is 11.9 Å². The first kappa shape index (κ1) is 24.3. The molecule has 2 fully saturated rings. The molecule has 2 aromatic rings. The summed E-state index contributed by atoms with van der Waals surface area (Å²) in [6.45, 7) is 8.78. The summed E-state index contributed by atoms with van der Waals surface area (Å²) >= 11 is 0. The first-order valence-electron chi connectivity index (χ1n) is 12.0. The minimum atomic E-state index is -0.0334. The number of aliphatic imine (C=N–C) groups is 1. The number of piperazine rings is 1. The summed E-state index contributed by atoms with van der Waals surface area (Å²) in [7, 11) is 3.53. The van der Waals surface area contributed by atoms with Gasteiger partial charge in [-0.15, -0.1) is 0 Å². The highest BCUT2D eigenvalue weighted by Crippen LogP contribution is 2.34. The summed E-state index contributed by atoms with van der Waals surface area (Å²) in [4.78, 5) is 31.8. The van der Waals surface area contributed by atoms with E-state index in [2.05, 4.69) is 37.7 Å². The van der Waals surface area contributed by atoms with Crippen molar-refractivity contribution in [2.45, 2.75) is 38.6 Å². The SMILES string of the molecule is C=N/C(=C\C=C(/C)N1CCN(C#N)CC1)Nc1ncc2cc(C(=O)N(C)C)n(C3CCCC3)c2n1. The van der Waals surface area contributed by atoms with Crippen molar-refractivity contribution in [3.05, 3.63) is 41.6 Å². The van der Waals surface area contributed by atoms with Gasteiger partial charge in [0.1, 0.15) is 17.2 Å². The molecule has 1 saturated carbocycles. The molecule has 0 radical (unpaired) electrons. The normalized spacial score (nSPS) is 17.5. The largest absolute Gasteiger partial charge is 0.371 e. The van der Waals surface area contributed by atoms with Gasteiger partial charge in [0.25, 0.3) is 5.91 Å². The number of anilines is 1. The van der Waals surface area contributed by atoms with Crippen LogP contribution >= 0.6 is 0 Å². The van der Waals surface area contributed by atoms with Crippen LogP contribution in [0.5, 0.6) is 0 Å². The van der Waals surface area contributed by atoms with Gasteiger partial charge in [-0.2, -0.15) is 10.2 Å². The third-order valence-electron chi connectivity index (χ3n) is 6.70. The molecule has 184 valence electrons. The van der Waals surface area contributed by atoms with E-state index < -0.39 is 0 Å². The maximum absolute atomic E-state index is 12.9. The minimum Gasteiger partial charge on any atom is -0.371 e. The number of aromatic nitrogens is 3. The second-order valence-corrected chi connectivity index (χ2v) is 9.23. The van der Waals surface area contributed by atoms with Gasteiger partial charge in [0.05, 0.1) is 0 Å². The number of amides is 1. The van der Waals surface area contributed by atoms with E-state index in [4.69, 9.17) is 10.2 Å². The molecule has 3 heterocycles. The van der Waals surface area contributed by atoms with Crippen molar-refractivity contribution >= 4 is 29.6 Å². The quantitative estimate of drug-likeness (QED) is 0.372. The molecule has 10 nitrogen and oxygen atoms in total. The number of carbonyl (C=O) groups is 1. The maximum atomic E-state index is 12.9. The van der Waals surface area contributed by atoms with Crippen LogP contribution in [0.3, 0.4) is 0 Å². The fourth-order valence-corrected chi connectivity index (χ4v) is 4.71. The molecular formula is C25H33N9O. The summed E-state index contributed by atoms with van der Waals surface area (Å²) in [6.07, 6.45) is 12.2. The summed E-state index contributed by atoms with van der Waals surface area (Å²) in [5.74, 6) is 0.905. The van der Waals surface area contributed by atoms with Crippen LogP contribution in [0.1, 0.15) is 49.1 Å². The van der Waals surface area contributed by atoms with E-state index in [1.54, 1.807) is 30.1 Å². The zero-order valence-corrected chi connectivity index (χ0v) is 20.7. The van der Waals surface area contributed by atoms with Crippen LogP contribution < -0.4 is 5.32 Å². The summed E-state index contributed by atoms with van der Waals surface area (Å²) < 4.78 is 2.09. The molecule has 0 unspecified atom stereocenters. The predicted molar refractivity (Wildman–Crippen MR) is 137 cm³/mol. The Bertz CT molecular complexity index is 1190. The van der Waals surface area contributed by atoms with E-state index in [1.807, 2.05) is 25.1 Å². The van der Waals surface area contributed by atoms with Crippen LogP contribution in [-0.4, -0.2) is 82.1 Å². The van der Waals surface area contributed by atoms with Crippen LogP contribution in [0.15, 0.2) is 40.9 Å². The molecule has 10 heteroatoms. The molecule has 0 spiro atoms. The molecule has 4 rings (SSSR count). The Balaban J connectivity index is 1.58. The third kappa shape index (κ3) is 5.29. The zero-order chi connectivity index (χ0) is 24.9. The molecule has 1 aliphatic carbocycles. The highest BCUT2D eigenvalue weighted by Gasteiger charge is 2.26. The van der Waals surface area contributed by atoms with Crippen molar-refractivity contribution in [2.75, 3.05) is 45.6 Å². The first-order valence-corrected chi connectivity index (χ1v) is 12.0. The average Bonchev–Trinajstić information content (AvgIpc) is 3.53. The van der Waals surface area contributed by atoms with E-state index in [1.165, 1.54) is 0 Å². The lowest BCUT2D eigenvalue weighted by Crippen LogP contribution is -2.43. The first-order chi connectivity index (χ1) is 16.9. The van der Waals surface area contributed by atoms with Crippen molar-refractivity contribution in [3.63, 3.8) is 0 Å². The fourth-order valence-electron chi connectivity index (χ4n) is 4.71. The molecular weight excluding hydrogens is 442 g/mol. The van der Waals surface area contributed by atoms with Crippen molar-refractivity contribution in [1.29, 1.82) is 5.26 Å². The molecule has 0 bridgehead atoms. The number of rotatable bonds is 7. The van der Waals surface area contributed by atoms with Gasteiger partial charge in [-0.25, -0.2) is 9.98 Å². The van der Waals surface area contributed by atoms with Gasteiger partial charge in [-0.05, 0) is 44.7 Å². The van der Waals surface area contributed by atoms with Gasteiger partial charge < -0.3 is 24.6 Å². The smallest absolute Gasteiger partial charge is 0.270 e. The Hall–Kier alpha value is -3.87. The Labute approximate surface area is 206 Å². The average molecular weight is 476 g/mol. The molecule has 2 aromatic heterocycles. The van der Waals surface area contributed by atoms with Gasteiger partial charge in [0.2, 0.25) is 5.95 Å². The number of hydrogen-bond acceptors (Lipinski definition) is 8. The van der Waals surface area contributed by atoms with Crippen LogP contribution in [0, 0.1) is 11.5 Å². The predicted octanol–water partition coefficient (Wildman–Crippen LogP) is 3.20. The highest BCUT2D eigenvalue weighted by molar-refractivity contribution is 5.97. The molecule has 0 aromatic carbocycles. The van der Waals surface area contributed by atoms with Crippen molar-refractivity contribution in [3.8, 4) is 6.19 Å². The van der Waals surface area contributed by atoms with E-state index >= 15 is 0 Å². The third-order valence-corrected chi connectivity index (χ3v) is 6.70. The Morgan fingerprint density at radius 2 is 1.97 bits per heavy atom. The number of nitrogens with zero attached hydrogens (tertiary/aromatic N) is 8. The topological polar surface area (TPSA) is 106 Å². The van der Waals surface area contributed by atoms with Crippen molar-refractivity contribution < 1.29 is 4.79 Å². The Morgan fingerprint density at radius 3 is 2.60 bits per heavy atom. The van der Waals surface area contributed by atoms with Crippen LogP contribution in [-0.2, 0) is 0 Å². The molecule has 1 saturated heterocycles. The maximum Gasteiger partial charge on any atom is 0.270 e. The van der Waals surface area contributed by atoms with E-state index in [0.29, 0.717) is 17.5 Å². The number of allylic oxidation sites excluding steroid dienone is 3. The van der Waals surface area contributed by atoms with Crippen LogP contribution in [0.4, 0.5) is 5.95 Å². The lowest BCUT2D eigenvalue weighted by atomic mass is 10.2. The number of carbonyl (C=O) groups excluding carboxylic acids is 1. The van der Waals surface area contributed by atoms with Gasteiger partial charge >= 0.3 is 0 Å². The molecule has 2 aliphatic rings. The second-order valence-electron chi connectivity index (χ2n) is 9.23. The monoisotopic (exact) mass is 475 g/mol. The summed E-state index contributed by atoms with van der Waals surface area (Å²) in [6, 6.07) is 2.15. The van der Waals surface area contributed by atoms with E-state index in [9.17, 15) is 4.79 Å². The molecule has 1 aliphatic heterocycles. The zero-order valence-electron chi connectivity index (χ0n) is 20.7. The Kier molecular flexibility index (Phi) is 7.34. The van der Waals surface area contributed by atoms with Gasteiger partial charge in [0, 0.05) is 63.6 Å². The molecule has 0 atom stereocenters. The molecule has 1 amide bonds. The second kappa shape index (κ2) is 10.6. The molecule has 1 N–H and O–H groups in total. The lowest BCUT2D eigenvalue weighted by Gasteiger charge is -2.33. The van der Waals surface area contributed by atoms with Gasteiger partial charge in [0.15, 0.2) is 6.19 Å². The lowest BCUT2D eigenvalue weighted by molar-refractivity contribution is 0.0815. The number of nitrogens with one attached hydrogen (secondary N) is 1. The summed E-state index contributed by atoms with van der Waals surface area (Å²) in [5.41, 5.74) is 2.49. The van der Waals surface area contributed by atoms with Gasteiger partial charge in [-0.3, -0.25) is 4.79 Å². The van der Waals surface area contributed by atoms with Crippen LogP contribution in [0.2, 0.25) is 0 Å².